The maximum atomic E-state index is 5.42. The maximum absolute atomic E-state index is 5.42. The Balaban J connectivity index is 1.28. The highest BCUT2D eigenvalue weighted by Gasteiger charge is 2.16. The number of pyridine rings is 1. The summed E-state index contributed by atoms with van der Waals surface area (Å²) in [6, 6.07) is 9.97. The van der Waals surface area contributed by atoms with Crippen LogP contribution in [0.15, 0.2) is 41.9 Å². The van der Waals surface area contributed by atoms with Gasteiger partial charge in [0.25, 0.3) is 0 Å². The van der Waals surface area contributed by atoms with E-state index in [0.29, 0.717) is 0 Å². The van der Waals surface area contributed by atoms with E-state index in [-0.39, 0.29) is 6.79 Å². The molecular weight excluding hydrogens is 374 g/mol. The molecule has 28 heavy (non-hydrogen) atoms. The number of piperazine rings is 1. The SMILES string of the molecule is CN1CCN(c2ccc(-c3csc(Nc4ccc5c(c4)OCO5)n3)cn2)CC1. The highest BCUT2D eigenvalue weighted by Crippen LogP contribution is 2.36. The van der Waals surface area contributed by atoms with E-state index >= 15 is 0 Å². The number of fused-ring (bicyclic) bond motifs is 1. The van der Waals surface area contributed by atoms with Crippen molar-refractivity contribution < 1.29 is 9.47 Å². The Kier molecular flexibility index (Phi) is 4.50. The molecule has 0 amide bonds. The average Bonchev–Trinajstić information content (AvgIpc) is 3.38. The van der Waals surface area contributed by atoms with Crippen molar-refractivity contribution in [2.45, 2.75) is 0 Å². The highest BCUT2D eigenvalue weighted by molar-refractivity contribution is 7.14. The lowest BCUT2D eigenvalue weighted by Gasteiger charge is -2.33. The Morgan fingerprint density at radius 3 is 2.71 bits per heavy atom. The fourth-order valence-electron chi connectivity index (χ4n) is 3.32. The van der Waals surface area contributed by atoms with Crippen molar-refractivity contribution in [3.05, 3.63) is 41.9 Å². The van der Waals surface area contributed by atoms with Gasteiger partial charge >= 0.3 is 0 Å². The number of rotatable bonds is 4. The molecule has 2 aromatic heterocycles. The average molecular weight is 395 g/mol. The van der Waals surface area contributed by atoms with Gasteiger partial charge in [-0.25, -0.2) is 9.97 Å². The number of likely N-dealkylation sites (N-methyl/N-ethyl adjacent to an activating group) is 1. The minimum absolute atomic E-state index is 0.275. The van der Waals surface area contributed by atoms with Crippen LogP contribution in [0.25, 0.3) is 11.3 Å². The molecule has 3 aromatic rings. The van der Waals surface area contributed by atoms with Crippen LogP contribution < -0.4 is 19.7 Å². The predicted octanol–water partition coefficient (Wildman–Crippen LogP) is 3.43. The van der Waals surface area contributed by atoms with Crippen LogP contribution >= 0.6 is 11.3 Å². The standard InChI is InChI=1S/C20H21N5O2S/c1-24-6-8-25(9-7-24)19-5-2-14(11-21-19)16-12-28-20(23-16)22-15-3-4-17-18(10-15)27-13-26-17/h2-5,10-12H,6-9,13H2,1H3,(H,22,23). The van der Waals surface area contributed by atoms with Gasteiger partial charge < -0.3 is 24.6 Å². The fourth-order valence-corrected chi connectivity index (χ4v) is 4.06. The Bertz CT molecular complexity index is 967. The second-order valence-corrected chi connectivity index (χ2v) is 7.78. The largest absolute Gasteiger partial charge is 0.454 e. The van der Waals surface area contributed by atoms with Crippen LogP contribution in [-0.4, -0.2) is 54.9 Å². The molecule has 7 nitrogen and oxygen atoms in total. The van der Waals surface area contributed by atoms with Crippen LogP contribution in [0.5, 0.6) is 11.5 Å². The third kappa shape index (κ3) is 3.48. The molecule has 0 radical (unpaired) electrons. The van der Waals surface area contributed by atoms with Crippen molar-refractivity contribution in [3.63, 3.8) is 0 Å². The van der Waals surface area contributed by atoms with E-state index < -0.39 is 0 Å². The van der Waals surface area contributed by atoms with E-state index in [4.69, 9.17) is 14.5 Å². The molecule has 1 aromatic carbocycles. The van der Waals surface area contributed by atoms with Gasteiger partial charge in [0, 0.05) is 55.1 Å². The summed E-state index contributed by atoms with van der Waals surface area (Å²) in [6.07, 6.45) is 1.91. The molecule has 0 bridgehead atoms. The third-order valence-electron chi connectivity index (χ3n) is 5.00. The van der Waals surface area contributed by atoms with Crippen LogP contribution in [0, 0.1) is 0 Å². The maximum Gasteiger partial charge on any atom is 0.231 e. The van der Waals surface area contributed by atoms with Crippen molar-refractivity contribution in [1.82, 2.24) is 14.9 Å². The molecule has 5 rings (SSSR count). The van der Waals surface area contributed by atoms with Gasteiger partial charge in [0.05, 0.1) is 5.69 Å². The van der Waals surface area contributed by atoms with Gasteiger partial charge in [-0.15, -0.1) is 11.3 Å². The number of nitrogens with one attached hydrogen (secondary N) is 1. The summed E-state index contributed by atoms with van der Waals surface area (Å²) in [5, 5.41) is 6.20. The van der Waals surface area contributed by atoms with Crippen molar-refractivity contribution in [1.29, 1.82) is 0 Å². The smallest absolute Gasteiger partial charge is 0.231 e. The van der Waals surface area contributed by atoms with E-state index in [2.05, 4.69) is 39.3 Å². The molecule has 0 spiro atoms. The van der Waals surface area contributed by atoms with Crippen LogP contribution in [0.2, 0.25) is 0 Å². The van der Waals surface area contributed by atoms with Crippen LogP contribution in [0.1, 0.15) is 0 Å². The number of nitrogens with zero attached hydrogens (tertiary/aromatic N) is 4. The normalized spacial score (nSPS) is 16.4. The molecule has 1 fully saturated rings. The molecule has 8 heteroatoms. The monoisotopic (exact) mass is 395 g/mol. The molecule has 144 valence electrons. The number of thiazole rings is 1. The van der Waals surface area contributed by atoms with Crippen LogP contribution in [-0.2, 0) is 0 Å². The molecule has 1 saturated heterocycles. The number of hydrogen-bond donors (Lipinski definition) is 1. The van der Waals surface area contributed by atoms with Gasteiger partial charge in [-0.1, -0.05) is 0 Å². The molecule has 1 N–H and O–H groups in total. The highest BCUT2D eigenvalue weighted by atomic mass is 32.1. The molecular formula is C20H21N5O2S. The minimum Gasteiger partial charge on any atom is -0.454 e. The Labute approximate surface area is 167 Å². The van der Waals surface area contributed by atoms with E-state index in [1.807, 2.05) is 29.8 Å². The van der Waals surface area contributed by atoms with E-state index in [1.165, 1.54) is 0 Å². The first kappa shape index (κ1) is 17.3. The molecule has 0 aliphatic carbocycles. The molecule has 2 aliphatic rings. The summed E-state index contributed by atoms with van der Waals surface area (Å²) < 4.78 is 10.8. The number of aromatic nitrogens is 2. The topological polar surface area (TPSA) is 62.8 Å². The second-order valence-electron chi connectivity index (χ2n) is 6.93. The van der Waals surface area contributed by atoms with Gasteiger partial charge in [0.15, 0.2) is 16.6 Å². The summed E-state index contributed by atoms with van der Waals surface area (Å²) in [4.78, 5) is 14.0. The molecule has 4 heterocycles. The molecule has 2 aliphatic heterocycles. The first-order valence-electron chi connectivity index (χ1n) is 9.27. The molecule has 0 saturated carbocycles. The van der Waals surface area contributed by atoms with Crippen LogP contribution in [0.4, 0.5) is 16.6 Å². The Hall–Kier alpha value is -2.84. The van der Waals surface area contributed by atoms with Gasteiger partial charge in [-0.05, 0) is 31.3 Å². The summed E-state index contributed by atoms with van der Waals surface area (Å²) in [7, 11) is 2.16. The third-order valence-corrected chi connectivity index (χ3v) is 5.76. The minimum atomic E-state index is 0.275. The first-order valence-corrected chi connectivity index (χ1v) is 10.1. The first-order chi connectivity index (χ1) is 13.7. The molecule has 0 unspecified atom stereocenters. The predicted molar refractivity (Wildman–Crippen MR) is 111 cm³/mol. The van der Waals surface area contributed by atoms with Gasteiger partial charge in [0.1, 0.15) is 5.82 Å². The molecule has 0 atom stereocenters. The van der Waals surface area contributed by atoms with E-state index in [1.54, 1.807) is 11.3 Å². The lowest BCUT2D eigenvalue weighted by atomic mass is 10.2. The van der Waals surface area contributed by atoms with Crippen molar-refractivity contribution in [2.75, 3.05) is 50.2 Å². The fraction of sp³-hybridized carbons (Fsp3) is 0.300. The van der Waals surface area contributed by atoms with Crippen molar-refractivity contribution >= 4 is 28.0 Å². The Morgan fingerprint density at radius 1 is 1.04 bits per heavy atom. The quantitative estimate of drug-likeness (QED) is 0.726. The summed E-state index contributed by atoms with van der Waals surface area (Å²) >= 11 is 1.57. The zero-order valence-electron chi connectivity index (χ0n) is 15.6. The number of hydrogen-bond acceptors (Lipinski definition) is 8. The lowest BCUT2D eigenvalue weighted by molar-refractivity contribution is 0.174. The van der Waals surface area contributed by atoms with E-state index in [0.717, 1.165) is 65.6 Å². The van der Waals surface area contributed by atoms with Gasteiger partial charge in [-0.2, -0.15) is 0 Å². The van der Waals surface area contributed by atoms with Crippen LogP contribution in [0.3, 0.4) is 0 Å². The summed E-state index contributed by atoms with van der Waals surface area (Å²) in [5.41, 5.74) is 2.87. The summed E-state index contributed by atoms with van der Waals surface area (Å²) in [6.45, 7) is 4.46. The lowest BCUT2D eigenvalue weighted by Crippen LogP contribution is -2.44. The Morgan fingerprint density at radius 2 is 1.89 bits per heavy atom. The van der Waals surface area contributed by atoms with Gasteiger partial charge in [0.2, 0.25) is 6.79 Å². The van der Waals surface area contributed by atoms with Crippen molar-refractivity contribution in [3.8, 4) is 22.8 Å². The summed E-state index contributed by atoms with van der Waals surface area (Å²) in [5.74, 6) is 2.56. The van der Waals surface area contributed by atoms with Gasteiger partial charge in [-0.3, -0.25) is 0 Å². The number of anilines is 3. The second kappa shape index (κ2) is 7.29. The number of benzene rings is 1. The zero-order valence-corrected chi connectivity index (χ0v) is 16.4. The zero-order chi connectivity index (χ0) is 18.9. The number of ether oxygens (including phenoxy) is 2. The van der Waals surface area contributed by atoms with Crippen molar-refractivity contribution in [2.24, 2.45) is 0 Å². The van der Waals surface area contributed by atoms with E-state index in [9.17, 15) is 0 Å².